The Morgan fingerprint density at radius 2 is 1.60 bits per heavy atom. The number of rotatable bonds is 5. The fraction of sp³-hybridized carbons (Fsp3) is 0. The van der Waals surface area contributed by atoms with Crippen LogP contribution in [0, 0.1) is 10.1 Å². The zero-order chi connectivity index (χ0) is 17.8. The van der Waals surface area contributed by atoms with Crippen LogP contribution in [-0.4, -0.2) is 16.7 Å². The molecule has 2 heterocycles. The Bertz CT molecular complexity index is 916. The molecule has 0 aliphatic heterocycles. The Hall–Kier alpha value is -3.46. The van der Waals surface area contributed by atoms with Crippen LogP contribution in [0.3, 0.4) is 0 Å². The molecule has 9 heteroatoms. The predicted octanol–water partition coefficient (Wildman–Crippen LogP) is 3.75. The first kappa shape index (κ1) is 16.4. The van der Waals surface area contributed by atoms with Gasteiger partial charge in [-0.3, -0.25) is 19.7 Å². The minimum Gasteiger partial charge on any atom is -0.459 e. The molecule has 0 unspecified atom stereocenters. The van der Waals surface area contributed by atoms with E-state index in [-0.39, 0.29) is 21.5 Å². The third kappa shape index (κ3) is 3.90. The number of anilines is 2. The van der Waals surface area contributed by atoms with Crippen molar-refractivity contribution in [1.82, 2.24) is 0 Å². The lowest BCUT2D eigenvalue weighted by Gasteiger charge is -2.06. The second-order valence-electron chi connectivity index (χ2n) is 4.86. The van der Waals surface area contributed by atoms with Gasteiger partial charge < -0.3 is 15.1 Å². The van der Waals surface area contributed by atoms with Crippen molar-refractivity contribution in [2.75, 3.05) is 10.6 Å². The number of furan rings is 1. The van der Waals surface area contributed by atoms with Crippen LogP contribution in [0.15, 0.2) is 59.2 Å². The number of benzene rings is 1. The van der Waals surface area contributed by atoms with E-state index in [0.717, 1.165) is 11.3 Å². The number of nitrogens with one attached hydrogen (secondary N) is 2. The molecule has 0 aliphatic rings. The van der Waals surface area contributed by atoms with Crippen LogP contribution in [-0.2, 0) is 0 Å². The number of carbonyl (C=O) groups excluding carboxylic acids is 2. The third-order valence-corrected chi connectivity index (χ3v) is 4.18. The van der Waals surface area contributed by atoms with Crippen molar-refractivity contribution in [3.05, 3.63) is 75.5 Å². The van der Waals surface area contributed by atoms with Crippen molar-refractivity contribution >= 4 is 39.5 Å². The molecule has 2 amide bonds. The van der Waals surface area contributed by atoms with E-state index in [9.17, 15) is 19.7 Å². The molecule has 2 N–H and O–H groups in total. The molecule has 3 aromatic rings. The highest BCUT2D eigenvalue weighted by Crippen LogP contribution is 2.25. The van der Waals surface area contributed by atoms with E-state index >= 15 is 0 Å². The van der Waals surface area contributed by atoms with Gasteiger partial charge in [0.25, 0.3) is 11.8 Å². The van der Waals surface area contributed by atoms with Crippen molar-refractivity contribution in [1.29, 1.82) is 0 Å². The van der Waals surface area contributed by atoms with E-state index in [1.807, 2.05) is 0 Å². The number of hydrogen-bond donors (Lipinski definition) is 2. The lowest BCUT2D eigenvalue weighted by atomic mass is 10.2. The molecule has 0 saturated heterocycles. The highest BCUT2D eigenvalue weighted by Gasteiger charge is 2.15. The first-order valence-electron chi connectivity index (χ1n) is 7.03. The molecule has 0 fully saturated rings. The summed E-state index contributed by atoms with van der Waals surface area (Å²) in [4.78, 5) is 34.3. The van der Waals surface area contributed by atoms with Gasteiger partial charge in [-0.25, -0.2) is 0 Å². The fourth-order valence-electron chi connectivity index (χ4n) is 1.98. The molecular formula is C16H11N3O5S. The lowest BCUT2D eigenvalue weighted by Crippen LogP contribution is -2.12. The highest BCUT2D eigenvalue weighted by molar-refractivity contribution is 7.17. The topological polar surface area (TPSA) is 114 Å². The molecule has 1 aromatic carbocycles. The SMILES string of the molecule is O=C(Nc1ccc(NC(=O)c2ccc([N+](=O)[O-])s2)cc1)c1ccco1. The van der Waals surface area contributed by atoms with E-state index in [0.29, 0.717) is 11.4 Å². The Kier molecular flexibility index (Phi) is 4.57. The summed E-state index contributed by atoms with van der Waals surface area (Å²) in [5.74, 6) is -0.630. The summed E-state index contributed by atoms with van der Waals surface area (Å²) in [6.07, 6.45) is 1.41. The van der Waals surface area contributed by atoms with Gasteiger partial charge >= 0.3 is 5.00 Å². The summed E-state index contributed by atoms with van der Waals surface area (Å²) >= 11 is 0.800. The Morgan fingerprint density at radius 1 is 0.960 bits per heavy atom. The van der Waals surface area contributed by atoms with Crippen LogP contribution < -0.4 is 10.6 Å². The average molecular weight is 357 g/mol. The minimum absolute atomic E-state index is 0.0962. The maximum Gasteiger partial charge on any atom is 0.324 e. The van der Waals surface area contributed by atoms with Crippen LogP contribution in [0.1, 0.15) is 20.2 Å². The zero-order valence-electron chi connectivity index (χ0n) is 12.6. The number of nitro groups is 1. The maximum absolute atomic E-state index is 12.1. The molecule has 126 valence electrons. The van der Waals surface area contributed by atoms with Crippen LogP contribution >= 0.6 is 11.3 Å². The van der Waals surface area contributed by atoms with Gasteiger partial charge in [0, 0.05) is 17.4 Å². The summed E-state index contributed by atoms with van der Waals surface area (Å²) < 4.78 is 5.00. The normalized spacial score (nSPS) is 10.2. The predicted molar refractivity (Wildman–Crippen MR) is 92.0 cm³/mol. The summed E-state index contributed by atoms with van der Waals surface area (Å²) in [6.45, 7) is 0. The van der Waals surface area contributed by atoms with Gasteiger partial charge in [0.15, 0.2) is 5.76 Å². The van der Waals surface area contributed by atoms with Gasteiger partial charge in [-0.2, -0.15) is 0 Å². The van der Waals surface area contributed by atoms with Gasteiger partial charge in [0.05, 0.1) is 16.1 Å². The third-order valence-electron chi connectivity index (χ3n) is 3.14. The summed E-state index contributed by atoms with van der Waals surface area (Å²) in [6, 6.07) is 12.3. The van der Waals surface area contributed by atoms with Crippen molar-refractivity contribution < 1.29 is 18.9 Å². The summed E-state index contributed by atoms with van der Waals surface area (Å²) in [5, 5.41) is 15.8. The minimum atomic E-state index is -0.544. The van der Waals surface area contributed by atoms with Gasteiger partial charge in [0.1, 0.15) is 0 Å². The van der Waals surface area contributed by atoms with E-state index in [1.165, 1.54) is 18.4 Å². The van der Waals surface area contributed by atoms with Crippen molar-refractivity contribution in [3.8, 4) is 0 Å². The number of carbonyl (C=O) groups is 2. The van der Waals surface area contributed by atoms with Crippen molar-refractivity contribution in [2.45, 2.75) is 0 Å². The molecule has 0 aliphatic carbocycles. The molecule has 2 aromatic heterocycles. The quantitative estimate of drug-likeness (QED) is 0.533. The number of hydrogen-bond acceptors (Lipinski definition) is 6. The Balaban J connectivity index is 1.63. The lowest BCUT2D eigenvalue weighted by molar-refractivity contribution is -0.380. The molecule has 0 saturated carbocycles. The van der Waals surface area contributed by atoms with Crippen LogP contribution in [0.5, 0.6) is 0 Å². The maximum atomic E-state index is 12.1. The second kappa shape index (κ2) is 6.97. The molecule has 0 radical (unpaired) electrons. The van der Waals surface area contributed by atoms with Crippen molar-refractivity contribution in [3.63, 3.8) is 0 Å². The zero-order valence-corrected chi connectivity index (χ0v) is 13.4. The fourth-order valence-corrected chi connectivity index (χ4v) is 2.69. The van der Waals surface area contributed by atoms with Crippen LogP contribution in [0.4, 0.5) is 16.4 Å². The molecule has 25 heavy (non-hydrogen) atoms. The largest absolute Gasteiger partial charge is 0.459 e. The Morgan fingerprint density at radius 3 is 2.12 bits per heavy atom. The molecule has 0 atom stereocenters. The van der Waals surface area contributed by atoms with E-state index in [2.05, 4.69) is 10.6 Å². The summed E-state index contributed by atoms with van der Waals surface area (Å²) in [7, 11) is 0. The van der Waals surface area contributed by atoms with Gasteiger partial charge in [0.2, 0.25) is 0 Å². The van der Waals surface area contributed by atoms with E-state index in [4.69, 9.17) is 4.42 Å². The molecule has 8 nitrogen and oxygen atoms in total. The molecule has 3 rings (SSSR count). The first-order chi connectivity index (χ1) is 12.0. The van der Waals surface area contributed by atoms with E-state index < -0.39 is 10.8 Å². The highest BCUT2D eigenvalue weighted by atomic mass is 32.1. The molecule has 0 spiro atoms. The van der Waals surface area contributed by atoms with Gasteiger partial charge in [-0.15, -0.1) is 0 Å². The Labute approximate surface area is 145 Å². The monoisotopic (exact) mass is 357 g/mol. The van der Waals surface area contributed by atoms with Crippen LogP contribution in [0.25, 0.3) is 0 Å². The average Bonchev–Trinajstić information content (AvgIpc) is 3.28. The van der Waals surface area contributed by atoms with Crippen molar-refractivity contribution in [2.24, 2.45) is 0 Å². The van der Waals surface area contributed by atoms with Gasteiger partial charge in [-0.05, 0) is 42.5 Å². The summed E-state index contributed by atoms with van der Waals surface area (Å²) in [5.41, 5.74) is 1.03. The number of nitrogens with zero attached hydrogens (tertiary/aromatic N) is 1. The number of amides is 2. The molecular weight excluding hydrogens is 346 g/mol. The first-order valence-corrected chi connectivity index (χ1v) is 7.85. The molecule has 0 bridgehead atoms. The second-order valence-corrected chi connectivity index (χ2v) is 5.92. The van der Waals surface area contributed by atoms with E-state index in [1.54, 1.807) is 36.4 Å². The van der Waals surface area contributed by atoms with Gasteiger partial charge in [-0.1, -0.05) is 11.3 Å². The standard InChI is InChI=1S/C16H11N3O5S/c20-15(12-2-1-9-24-12)17-10-3-5-11(6-4-10)18-16(21)13-7-8-14(25-13)19(22)23/h1-9H,(H,17,20)(H,18,21). The van der Waals surface area contributed by atoms with Crippen LogP contribution in [0.2, 0.25) is 0 Å². The smallest absolute Gasteiger partial charge is 0.324 e. The number of thiophene rings is 1.